The number of aliphatic hydroxyl groups excluding tert-OH is 1. The van der Waals surface area contributed by atoms with E-state index in [-0.39, 0.29) is 10.6 Å². The van der Waals surface area contributed by atoms with Gasteiger partial charge in [-0.1, -0.05) is 11.6 Å². The molecule has 0 radical (unpaired) electrons. The number of nitrogens with two attached hydrogens (primary N) is 1. The first kappa shape index (κ1) is 13.3. The van der Waals surface area contributed by atoms with Crippen LogP contribution in [0.4, 0.5) is 13.2 Å². The maximum atomic E-state index is 12.4. The van der Waals surface area contributed by atoms with Gasteiger partial charge in [-0.25, -0.2) is 0 Å². The van der Waals surface area contributed by atoms with Crippen LogP contribution in [0, 0.1) is 0 Å². The molecule has 6 heteroatoms. The molecular weight excluding hydrogens is 243 g/mol. The number of rotatable bonds is 2. The molecule has 0 fully saturated rings. The quantitative estimate of drug-likeness (QED) is 0.851. The zero-order chi connectivity index (χ0) is 12.5. The number of halogens is 4. The lowest BCUT2D eigenvalue weighted by atomic mass is 10.0. The second-order valence-electron chi connectivity index (χ2n) is 3.57. The summed E-state index contributed by atoms with van der Waals surface area (Å²) in [5.74, 6) is 0. The molecule has 16 heavy (non-hydrogen) atoms. The van der Waals surface area contributed by atoms with Gasteiger partial charge in [0.1, 0.15) is 0 Å². The fourth-order valence-corrected chi connectivity index (χ4v) is 1.49. The monoisotopic (exact) mass is 253 g/mol. The molecule has 0 bridgehead atoms. The molecule has 1 rings (SSSR count). The van der Waals surface area contributed by atoms with Gasteiger partial charge in [0.15, 0.2) is 0 Å². The largest absolute Gasteiger partial charge is 0.416 e. The Hall–Kier alpha value is -0.780. The highest BCUT2D eigenvalue weighted by molar-refractivity contribution is 6.30. The van der Waals surface area contributed by atoms with E-state index >= 15 is 0 Å². The van der Waals surface area contributed by atoms with Gasteiger partial charge in [0.05, 0.1) is 11.7 Å². The summed E-state index contributed by atoms with van der Waals surface area (Å²) in [7, 11) is 0. The van der Waals surface area contributed by atoms with Crippen LogP contribution in [0.25, 0.3) is 0 Å². The van der Waals surface area contributed by atoms with Gasteiger partial charge < -0.3 is 10.8 Å². The van der Waals surface area contributed by atoms with E-state index in [4.69, 9.17) is 17.3 Å². The van der Waals surface area contributed by atoms with Crippen molar-refractivity contribution in [1.82, 2.24) is 0 Å². The van der Waals surface area contributed by atoms with Gasteiger partial charge in [0.2, 0.25) is 0 Å². The fraction of sp³-hybridized carbons (Fsp3) is 0.400. The summed E-state index contributed by atoms with van der Waals surface area (Å²) >= 11 is 5.55. The highest BCUT2D eigenvalue weighted by Crippen LogP contribution is 2.33. The molecule has 0 aliphatic heterocycles. The van der Waals surface area contributed by atoms with Gasteiger partial charge in [-0.3, -0.25) is 0 Å². The molecule has 2 nitrogen and oxygen atoms in total. The molecule has 0 amide bonds. The van der Waals surface area contributed by atoms with Crippen molar-refractivity contribution in [3.63, 3.8) is 0 Å². The number of alkyl halides is 3. The van der Waals surface area contributed by atoms with Crippen LogP contribution >= 0.6 is 11.6 Å². The van der Waals surface area contributed by atoms with E-state index in [1.807, 2.05) is 0 Å². The van der Waals surface area contributed by atoms with Crippen molar-refractivity contribution >= 4 is 11.6 Å². The first-order valence-electron chi connectivity index (χ1n) is 4.53. The molecule has 2 atom stereocenters. The van der Waals surface area contributed by atoms with Gasteiger partial charge >= 0.3 is 6.18 Å². The molecule has 90 valence electrons. The van der Waals surface area contributed by atoms with Crippen molar-refractivity contribution in [1.29, 1.82) is 0 Å². The van der Waals surface area contributed by atoms with Crippen molar-refractivity contribution in [2.75, 3.05) is 0 Å². The SMILES string of the molecule is C[C@@H](N)[C@@H](O)c1cc(Cl)cc(C(F)(F)F)c1. The summed E-state index contributed by atoms with van der Waals surface area (Å²) in [5, 5.41) is 9.48. The first-order valence-corrected chi connectivity index (χ1v) is 4.91. The highest BCUT2D eigenvalue weighted by Gasteiger charge is 2.31. The summed E-state index contributed by atoms with van der Waals surface area (Å²) in [6.45, 7) is 1.50. The fourth-order valence-electron chi connectivity index (χ4n) is 1.25. The second kappa shape index (κ2) is 4.61. The Morgan fingerprint density at radius 3 is 2.31 bits per heavy atom. The molecule has 1 aromatic carbocycles. The standard InChI is InChI=1S/C10H11ClF3NO/c1-5(15)9(16)6-2-7(10(12,13)14)4-8(11)3-6/h2-5,9,16H,15H2,1H3/t5-,9-/m1/s1. The van der Waals surface area contributed by atoms with E-state index in [0.29, 0.717) is 0 Å². The van der Waals surface area contributed by atoms with Crippen LogP contribution in [-0.4, -0.2) is 11.1 Å². The number of benzene rings is 1. The lowest BCUT2D eigenvalue weighted by Crippen LogP contribution is -2.24. The first-order chi connectivity index (χ1) is 7.21. The predicted octanol–water partition coefficient (Wildman–Crippen LogP) is 2.74. The molecule has 0 aliphatic carbocycles. The molecule has 3 N–H and O–H groups in total. The van der Waals surface area contributed by atoms with E-state index in [2.05, 4.69) is 0 Å². The van der Waals surface area contributed by atoms with Crippen molar-refractivity contribution in [2.24, 2.45) is 5.73 Å². The van der Waals surface area contributed by atoms with E-state index in [1.54, 1.807) is 0 Å². The maximum absolute atomic E-state index is 12.4. The van der Waals surface area contributed by atoms with E-state index in [0.717, 1.165) is 12.1 Å². The smallest absolute Gasteiger partial charge is 0.387 e. The van der Waals surface area contributed by atoms with Gasteiger partial charge in [-0.15, -0.1) is 0 Å². The molecule has 1 aromatic rings. The van der Waals surface area contributed by atoms with Crippen LogP contribution in [0.1, 0.15) is 24.2 Å². The van der Waals surface area contributed by atoms with Crippen molar-refractivity contribution in [3.05, 3.63) is 34.3 Å². The summed E-state index contributed by atoms with van der Waals surface area (Å²) in [6.07, 6.45) is -5.66. The Morgan fingerprint density at radius 1 is 1.31 bits per heavy atom. The van der Waals surface area contributed by atoms with Crippen LogP contribution in [0.2, 0.25) is 5.02 Å². The van der Waals surface area contributed by atoms with Gasteiger partial charge in [-0.2, -0.15) is 13.2 Å². The third kappa shape index (κ3) is 3.10. The minimum Gasteiger partial charge on any atom is -0.387 e. The maximum Gasteiger partial charge on any atom is 0.416 e. The summed E-state index contributed by atoms with van der Waals surface area (Å²) < 4.78 is 37.3. The third-order valence-electron chi connectivity index (χ3n) is 2.09. The lowest BCUT2D eigenvalue weighted by Gasteiger charge is -2.17. The molecule has 0 unspecified atom stereocenters. The average molecular weight is 254 g/mol. The molecule has 0 heterocycles. The van der Waals surface area contributed by atoms with Crippen LogP contribution in [0.15, 0.2) is 18.2 Å². The third-order valence-corrected chi connectivity index (χ3v) is 2.31. The summed E-state index contributed by atoms with van der Waals surface area (Å²) in [4.78, 5) is 0. The molecule has 0 spiro atoms. The van der Waals surface area contributed by atoms with Gasteiger partial charge in [-0.05, 0) is 30.7 Å². The molecule has 0 saturated carbocycles. The van der Waals surface area contributed by atoms with Crippen molar-refractivity contribution in [2.45, 2.75) is 25.2 Å². The van der Waals surface area contributed by atoms with Gasteiger partial charge in [0.25, 0.3) is 0 Å². The number of hydrogen-bond acceptors (Lipinski definition) is 2. The normalized spacial score (nSPS) is 15.9. The van der Waals surface area contributed by atoms with Gasteiger partial charge in [0, 0.05) is 11.1 Å². The summed E-state index contributed by atoms with van der Waals surface area (Å²) in [5.41, 5.74) is 4.57. The average Bonchev–Trinajstić information content (AvgIpc) is 2.14. The van der Waals surface area contributed by atoms with Crippen LogP contribution in [-0.2, 0) is 6.18 Å². The topological polar surface area (TPSA) is 46.2 Å². The highest BCUT2D eigenvalue weighted by atomic mass is 35.5. The Labute approximate surface area is 95.8 Å². The van der Waals surface area contributed by atoms with Crippen molar-refractivity contribution < 1.29 is 18.3 Å². The molecule has 0 saturated heterocycles. The number of hydrogen-bond donors (Lipinski definition) is 2. The molecular formula is C10H11ClF3NO. The van der Waals surface area contributed by atoms with Crippen LogP contribution in [0.5, 0.6) is 0 Å². The Bertz CT molecular complexity index is 379. The van der Waals surface area contributed by atoms with Crippen LogP contribution in [0.3, 0.4) is 0 Å². The predicted molar refractivity (Wildman–Crippen MR) is 55.1 cm³/mol. The minimum atomic E-state index is -4.49. The van der Waals surface area contributed by atoms with E-state index in [9.17, 15) is 18.3 Å². The zero-order valence-corrected chi connectivity index (χ0v) is 9.18. The van der Waals surface area contributed by atoms with E-state index in [1.165, 1.54) is 13.0 Å². The minimum absolute atomic E-state index is 0.0647. The lowest BCUT2D eigenvalue weighted by molar-refractivity contribution is -0.137. The molecule has 0 aromatic heterocycles. The summed E-state index contributed by atoms with van der Waals surface area (Å²) in [6, 6.07) is 2.25. The van der Waals surface area contributed by atoms with Crippen LogP contribution < -0.4 is 5.73 Å². The Kier molecular flexibility index (Phi) is 3.83. The Balaban J connectivity index is 3.18. The van der Waals surface area contributed by atoms with Crippen molar-refractivity contribution in [3.8, 4) is 0 Å². The molecule has 0 aliphatic rings. The zero-order valence-electron chi connectivity index (χ0n) is 8.42. The van der Waals surface area contributed by atoms with E-state index < -0.39 is 23.9 Å². The Morgan fingerprint density at radius 2 is 1.88 bits per heavy atom. The number of aliphatic hydroxyl groups is 1. The second-order valence-corrected chi connectivity index (χ2v) is 4.01.